The van der Waals surface area contributed by atoms with Gasteiger partial charge in [0.25, 0.3) is 0 Å². The van der Waals surface area contributed by atoms with Crippen LogP contribution in [0.15, 0.2) is 15.9 Å². The molecular formula is C12H21BrN2S. The van der Waals surface area contributed by atoms with E-state index >= 15 is 0 Å². The van der Waals surface area contributed by atoms with Gasteiger partial charge in [-0.3, -0.25) is 4.90 Å². The maximum Gasteiger partial charge on any atom is 0.0564 e. The summed E-state index contributed by atoms with van der Waals surface area (Å²) in [7, 11) is 2.16. The van der Waals surface area contributed by atoms with Crippen LogP contribution in [0, 0.1) is 5.92 Å². The van der Waals surface area contributed by atoms with E-state index in [1.165, 1.54) is 4.88 Å². The third-order valence-corrected chi connectivity index (χ3v) is 5.03. The van der Waals surface area contributed by atoms with Gasteiger partial charge in [0, 0.05) is 27.3 Å². The molecule has 0 fully saturated rings. The summed E-state index contributed by atoms with van der Waals surface area (Å²) in [6.45, 7) is 7.43. The molecule has 2 nitrogen and oxygen atoms in total. The molecule has 2 atom stereocenters. The second-order valence-corrected chi connectivity index (χ2v) is 6.43. The van der Waals surface area contributed by atoms with E-state index in [0.29, 0.717) is 24.5 Å². The van der Waals surface area contributed by atoms with Gasteiger partial charge in [0.2, 0.25) is 0 Å². The molecule has 16 heavy (non-hydrogen) atoms. The van der Waals surface area contributed by atoms with E-state index in [2.05, 4.69) is 60.1 Å². The van der Waals surface area contributed by atoms with Crippen molar-refractivity contribution in [1.29, 1.82) is 0 Å². The second-order valence-electron chi connectivity index (χ2n) is 4.57. The van der Waals surface area contributed by atoms with E-state index < -0.39 is 0 Å². The minimum Gasteiger partial charge on any atom is -0.329 e. The number of halogens is 1. The minimum absolute atomic E-state index is 0.327. The molecule has 92 valence electrons. The Kier molecular flexibility index (Phi) is 5.44. The molecule has 2 unspecified atom stereocenters. The number of hydrogen-bond donors (Lipinski definition) is 1. The van der Waals surface area contributed by atoms with E-state index in [1.54, 1.807) is 11.3 Å². The molecule has 0 spiro atoms. The predicted octanol–water partition coefficient (Wildman–Crippen LogP) is 3.49. The van der Waals surface area contributed by atoms with Crippen molar-refractivity contribution < 1.29 is 0 Å². The lowest BCUT2D eigenvalue weighted by atomic mass is 10.0. The van der Waals surface area contributed by atoms with Crippen molar-refractivity contribution >= 4 is 27.3 Å². The molecule has 2 N–H and O–H groups in total. The van der Waals surface area contributed by atoms with Crippen LogP contribution in [0.5, 0.6) is 0 Å². The van der Waals surface area contributed by atoms with Gasteiger partial charge in [-0.25, -0.2) is 0 Å². The van der Waals surface area contributed by atoms with Gasteiger partial charge in [0.1, 0.15) is 0 Å². The fourth-order valence-corrected chi connectivity index (χ4v) is 3.35. The Hall–Kier alpha value is 0.1000. The lowest BCUT2D eigenvalue weighted by Crippen LogP contribution is -2.39. The second kappa shape index (κ2) is 6.15. The Balaban J connectivity index is 2.82. The Morgan fingerprint density at radius 2 is 2.06 bits per heavy atom. The van der Waals surface area contributed by atoms with Crippen molar-refractivity contribution in [3.8, 4) is 0 Å². The van der Waals surface area contributed by atoms with Crippen molar-refractivity contribution in [2.24, 2.45) is 11.7 Å². The van der Waals surface area contributed by atoms with Gasteiger partial charge >= 0.3 is 0 Å². The normalized spacial score (nSPS) is 15.8. The van der Waals surface area contributed by atoms with Crippen molar-refractivity contribution in [1.82, 2.24) is 4.90 Å². The first-order valence-electron chi connectivity index (χ1n) is 5.63. The Morgan fingerprint density at radius 1 is 1.44 bits per heavy atom. The summed E-state index contributed by atoms with van der Waals surface area (Å²) < 4.78 is 1.15. The van der Waals surface area contributed by atoms with Crippen LogP contribution in [0.25, 0.3) is 0 Å². The molecule has 0 aliphatic carbocycles. The molecule has 0 aliphatic rings. The van der Waals surface area contributed by atoms with Crippen LogP contribution < -0.4 is 5.73 Å². The predicted molar refractivity (Wildman–Crippen MR) is 75.9 cm³/mol. The average Bonchev–Trinajstić information content (AvgIpc) is 2.64. The van der Waals surface area contributed by atoms with Gasteiger partial charge in [-0.05, 0) is 41.9 Å². The van der Waals surface area contributed by atoms with E-state index in [4.69, 9.17) is 5.73 Å². The highest BCUT2D eigenvalue weighted by molar-refractivity contribution is 9.10. The zero-order valence-electron chi connectivity index (χ0n) is 10.4. The Labute approximate surface area is 111 Å². The van der Waals surface area contributed by atoms with Crippen molar-refractivity contribution in [3.63, 3.8) is 0 Å². The number of rotatable bonds is 5. The Bertz CT molecular complexity index is 325. The molecule has 4 heteroatoms. The highest BCUT2D eigenvalue weighted by Gasteiger charge is 2.23. The Morgan fingerprint density at radius 3 is 2.44 bits per heavy atom. The van der Waals surface area contributed by atoms with Crippen LogP contribution in [0.4, 0.5) is 0 Å². The SMILES string of the molecule is CC(C)C(C)N(C)C(CN)c1cc(Br)cs1. The van der Waals surface area contributed by atoms with E-state index in [9.17, 15) is 0 Å². The fraction of sp³-hybridized carbons (Fsp3) is 0.667. The molecule has 0 amide bonds. The first-order valence-corrected chi connectivity index (χ1v) is 7.30. The van der Waals surface area contributed by atoms with E-state index in [1.807, 2.05) is 0 Å². The number of nitrogens with two attached hydrogens (primary N) is 1. The first kappa shape index (κ1) is 14.2. The zero-order valence-corrected chi connectivity index (χ0v) is 12.8. The van der Waals surface area contributed by atoms with Gasteiger partial charge in [-0.2, -0.15) is 0 Å². The topological polar surface area (TPSA) is 29.3 Å². The lowest BCUT2D eigenvalue weighted by Gasteiger charge is -2.34. The molecule has 1 rings (SSSR count). The quantitative estimate of drug-likeness (QED) is 0.902. The molecule has 0 saturated carbocycles. The van der Waals surface area contributed by atoms with Gasteiger partial charge in [-0.1, -0.05) is 13.8 Å². The van der Waals surface area contributed by atoms with Crippen LogP contribution in [0.1, 0.15) is 31.7 Å². The molecule has 0 radical (unpaired) electrons. The zero-order chi connectivity index (χ0) is 12.3. The van der Waals surface area contributed by atoms with Crippen molar-refractivity contribution in [2.45, 2.75) is 32.9 Å². The fourth-order valence-electron chi connectivity index (χ4n) is 1.74. The summed E-state index contributed by atoms with van der Waals surface area (Å²) in [5, 5.41) is 2.12. The summed E-state index contributed by atoms with van der Waals surface area (Å²) in [6, 6.07) is 3.04. The third kappa shape index (κ3) is 3.29. The molecule has 0 aromatic carbocycles. The smallest absolute Gasteiger partial charge is 0.0564 e. The molecule has 0 aliphatic heterocycles. The highest BCUT2D eigenvalue weighted by atomic mass is 79.9. The third-order valence-electron chi connectivity index (χ3n) is 3.24. The molecular weight excluding hydrogens is 284 g/mol. The van der Waals surface area contributed by atoms with Gasteiger partial charge < -0.3 is 5.73 Å². The summed E-state index contributed by atoms with van der Waals surface area (Å²) in [5.74, 6) is 0.641. The van der Waals surface area contributed by atoms with Crippen LogP contribution in [0.2, 0.25) is 0 Å². The lowest BCUT2D eigenvalue weighted by molar-refractivity contribution is 0.154. The molecule has 0 saturated heterocycles. The summed E-state index contributed by atoms with van der Waals surface area (Å²) >= 11 is 5.27. The number of likely N-dealkylation sites (N-methyl/N-ethyl adjacent to an activating group) is 1. The monoisotopic (exact) mass is 304 g/mol. The molecule has 1 heterocycles. The van der Waals surface area contributed by atoms with Gasteiger partial charge in [-0.15, -0.1) is 11.3 Å². The summed E-state index contributed by atoms with van der Waals surface area (Å²) in [6.07, 6.45) is 0. The highest BCUT2D eigenvalue weighted by Crippen LogP contribution is 2.30. The van der Waals surface area contributed by atoms with E-state index in [0.717, 1.165) is 4.47 Å². The van der Waals surface area contributed by atoms with Crippen LogP contribution in [0.3, 0.4) is 0 Å². The van der Waals surface area contributed by atoms with Gasteiger partial charge in [0.05, 0.1) is 6.04 Å². The first-order chi connectivity index (χ1) is 7.47. The molecule has 0 bridgehead atoms. The average molecular weight is 305 g/mol. The summed E-state index contributed by atoms with van der Waals surface area (Å²) in [5.41, 5.74) is 5.90. The number of thiophene rings is 1. The largest absolute Gasteiger partial charge is 0.329 e. The van der Waals surface area contributed by atoms with Gasteiger partial charge in [0.15, 0.2) is 0 Å². The maximum absolute atomic E-state index is 5.90. The number of nitrogens with zero attached hydrogens (tertiary/aromatic N) is 1. The minimum atomic E-state index is 0.327. The van der Waals surface area contributed by atoms with E-state index in [-0.39, 0.29) is 0 Å². The van der Waals surface area contributed by atoms with Crippen LogP contribution in [-0.2, 0) is 0 Å². The van der Waals surface area contributed by atoms with Crippen molar-refractivity contribution in [3.05, 3.63) is 20.8 Å². The molecule has 1 aromatic rings. The van der Waals surface area contributed by atoms with Crippen molar-refractivity contribution in [2.75, 3.05) is 13.6 Å². The molecule has 1 aromatic heterocycles. The summed E-state index contributed by atoms with van der Waals surface area (Å²) in [4.78, 5) is 3.72. The van der Waals surface area contributed by atoms with Crippen LogP contribution in [-0.4, -0.2) is 24.5 Å². The maximum atomic E-state index is 5.90. The van der Waals surface area contributed by atoms with Crippen LogP contribution >= 0.6 is 27.3 Å². The standard InChI is InChI=1S/C12H21BrN2S/c1-8(2)9(3)15(4)11(6-14)12-5-10(13)7-16-12/h5,7-9,11H,6,14H2,1-4H3. The number of hydrogen-bond acceptors (Lipinski definition) is 3.